The number of amides is 1. The number of rotatable bonds is 7. The van der Waals surface area contributed by atoms with E-state index in [-0.39, 0.29) is 18.2 Å². The van der Waals surface area contributed by atoms with Crippen LogP contribution in [0.2, 0.25) is 0 Å². The summed E-state index contributed by atoms with van der Waals surface area (Å²) in [5, 5.41) is 0. The Hall–Kier alpha value is -2.47. The molecule has 0 atom stereocenters. The third kappa shape index (κ3) is 5.31. The zero-order valence-corrected chi connectivity index (χ0v) is 13.7. The van der Waals surface area contributed by atoms with Crippen LogP contribution >= 0.6 is 0 Å². The summed E-state index contributed by atoms with van der Waals surface area (Å²) in [5.74, 6) is 0.0950. The predicted molar refractivity (Wildman–Crippen MR) is 89.3 cm³/mol. The van der Waals surface area contributed by atoms with E-state index in [2.05, 4.69) is 4.74 Å². The third-order valence-electron chi connectivity index (χ3n) is 3.52. The van der Waals surface area contributed by atoms with Crippen LogP contribution in [0.15, 0.2) is 54.6 Å². The first-order chi connectivity index (χ1) is 11.5. The minimum absolute atomic E-state index is 0.0265. The molecule has 1 amide bonds. The van der Waals surface area contributed by atoms with Crippen molar-refractivity contribution < 1.29 is 18.3 Å². The summed E-state index contributed by atoms with van der Waals surface area (Å²) in [7, 11) is 3.57. The molecule has 2 rings (SSSR count). The van der Waals surface area contributed by atoms with E-state index >= 15 is 0 Å². The van der Waals surface area contributed by atoms with E-state index in [1.54, 1.807) is 24.1 Å². The van der Waals surface area contributed by atoms with Gasteiger partial charge in [-0.15, -0.1) is 0 Å². The summed E-state index contributed by atoms with van der Waals surface area (Å²) in [4.78, 5) is 15.8. The number of carbonyl (C=O) groups is 1. The quantitative estimate of drug-likeness (QED) is 0.778. The van der Waals surface area contributed by atoms with E-state index in [1.807, 2.05) is 42.3 Å². The second kappa shape index (κ2) is 8.40. The lowest BCUT2D eigenvalue weighted by atomic mass is 10.2. The number of para-hydroxylation sites is 1. The number of nitrogens with zero attached hydrogens (tertiary/aromatic N) is 2. The number of alkyl halides is 2. The highest BCUT2D eigenvalue weighted by atomic mass is 19.3. The van der Waals surface area contributed by atoms with Crippen molar-refractivity contribution in [3.05, 3.63) is 60.2 Å². The van der Waals surface area contributed by atoms with Crippen molar-refractivity contribution in [2.75, 3.05) is 25.5 Å². The highest BCUT2D eigenvalue weighted by Crippen LogP contribution is 2.16. The van der Waals surface area contributed by atoms with Gasteiger partial charge in [0.1, 0.15) is 5.75 Å². The molecule has 0 bridgehead atoms. The average Bonchev–Trinajstić information content (AvgIpc) is 2.56. The molecule has 0 spiro atoms. The van der Waals surface area contributed by atoms with Gasteiger partial charge in [-0.1, -0.05) is 30.3 Å². The van der Waals surface area contributed by atoms with Crippen molar-refractivity contribution in [2.24, 2.45) is 0 Å². The molecule has 0 aromatic heterocycles. The van der Waals surface area contributed by atoms with E-state index < -0.39 is 6.61 Å². The fourth-order valence-electron chi connectivity index (χ4n) is 2.28. The van der Waals surface area contributed by atoms with E-state index in [0.717, 1.165) is 11.3 Å². The van der Waals surface area contributed by atoms with Gasteiger partial charge in [-0.25, -0.2) is 0 Å². The second-order valence-electron chi connectivity index (χ2n) is 5.48. The summed E-state index contributed by atoms with van der Waals surface area (Å²) in [6.45, 7) is -2.05. The Bertz CT molecular complexity index is 648. The van der Waals surface area contributed by atoms with Gasteiger partial charge in [0.15, 0.2) is 0 Å². The molecule has 0 saturated heterocycles. The molecule has 0 unspecified atom stereocenters. The molecule has 24 heavy (non-hydrogen) atoms. The Morgan fingerprint density at radius 3 is 2.25 bits per heavy atom. The summed E-state index contributed by atoms with van der Waals surface area (Å²) < 4.78 is 28.5. The van der Waals surface area contributed by atoms with Crippen molar-refractivity contribution in [3.8, 4) is 5.75 Å². The van der Waals surface area contributed by atoms with Gasteiger partial charge in [0.25, 0.3) is 0 Å². The number of likely N-dealkylation sites (N-methyl/N-ethyl adjacent to an activating group) is 2. The first-order valence-electron chi connectivity index (χ1n) is 7.49. The van der Waals surface area contributed by atoms with Gasteiger partial charge in [0.05, 0.1) is 6.54 Å². The van der Waals surface area contributed by atoms with Gasteiger partial charge in [-0.05, 0) is 36.9 Å². The van der Waals surface area contributed by atoms with Crippen molar-refractivity contribution in [2.45, 2.75) is 13.2 Å². The minimum Gasteiger partial charge on any atom is -0.435 e. The van der Waals surface area contributed by atoms with E-state index in [9.17, 15) is 13.6 Å². The Balaban J connectivity index is 1.88. The highest BCUT2D eigenvalue weighted by Gasteiger charge is 2.13. The number of ether oxygens (including phenoxy) is 1. The normalized spacial score (nSPS) is 10.9. The van der Waals surface area contributed by atoms with E-state index in [0.29, 0.717) is 6.54 Å². The smallest absolute Gasteiger partial charge is 0.387 e. The van der Waals surface area contributed by atoms with Crippen LogP contribution in [0.4, 0.5) is 14.5 Å². The van der Waals surface area contributed by atoms with E-state index in [4.69, 9.17) is 0 Å². The number of carbonyl (C=O) groups excluding carboxylic acids is 1. The maximum absolute atomic E-state index is 12.3. The molecule has 6 heteroatoms. The van der Waals surface area contributed by atoms with Gasteiger partial charge < -0.3 is 9.64 Å². The average molecular weight is 334 g/mol. The number of anilines is 1. The highest BCUT2D eigenvalue weighted by molar-refractivity contribution is 5.94. The first kappa shape index (κ1) is 17.9. The summed E-state index contributed by atoms with van der Waals surface area (Å²) in [6.07, 6.45) is 0. The fraction of sp³-hybridized carbons (Fsp3) is 0.278. The maximum atomic E-state index is 12.3. The molecule has 0 aliphatic heterocycles. The van der Waals surface area contributed by atoms with Crippen LogP contribution in [0.25, 0.3) is 0 Å². The zero-order chi connectivity index (χ0) is 17.5. The number of halogens is 2. The van der Waals surface area contributed by atoms with Gasteiger partial charge in [0, 0.05) is 19.3 Å². The Kier molecular flexibility index (Phi) is 6.26. The molecule has 0 aliphatic carbocycles. The van der Waals surface area contributed by atoms with Crippen molar-refractivity contribution >= 4 is 11.6 Å². The second-order valence-corrected chi connectivity index (χ2v) is 5.48. The van der Waals surface area contributed by atoms with Crippen LogP contribution < -0.4 is 9.64 Å². The number of hydrogen-bond donors (Lipinski definition) is 0. The summed E-state index contributed by atoms with van der Waals surface area (Å²) in [5.41, 5.74) is 1.75. The van der Waals surface area contributed by atoms with E-state index in [1.165, 1.54) is 12.1 Å². The first-order valence-corrected chi connectivity index (χ1v) is 7.49. The molecular formula is C18H20F2N2O2. The Labute approximate surface area is 140 Å². The standard InChI is InChI=1S/C18H20F2N2O2/c1-21(12-14-8-10-16(11-9-14)24-18(19)20)13-17(23)22(2)15-6-4-3-5-7-15/h3-11,18H,12-13H2,1-2H3. The predicted octanol–water partition coefficient (Wildman–Crippen LogP) is 3.38. The molecular weight excluding hydrogens is 314 g/mol. The molecule has 0 N–H and O–H groups in total. The van der Waals surface area contributed by atoms with Crippen molar-refractivity contribution in [1.29, 1.82) is 0 Å². The Morgan fingerprint density at radius 2 is 1.67 bits per heavy atom. The largest absolute Gasteiger partial charge is 0.435 e. The molecule has 2 aromatic carbocycles. The van der Waals surface area contributed by atoms with Gasteiger partial charge >= 0.3 is 6.61 Å². The minimum atomic E-state index is -2.83. The van der Waals surface area contributed by atoms with Crippen LogP contribution in [0.5, 0.6) is 5.75 Å². The van der Waals surface area contributed by atoms with Crippen molar-refractivity contribution in [3.63, 3.8) is 0 Å². The van der Waals surface area contributed by atoms with Gasteiger partial charge in [0.2, 0.25) is 5.91 Å². The molecule has 0 fully saturated rings. The lowest BCUT2D eigenvalue weighted by Crippen LogP contribution is -2.36. The molecule has 4 nitrogen and oxygen atoms in total. The van der Waals surface area contributed by atoms with Gasteiger partial charge in [-0.3, -0.25) is 9.69 Å². The lowest BCUT2D eigenvalue weighted by Gasteiger charge is -2.22. The SMILES string of the molecule is CN(CC(=O)N(C)c1ccccc1)Cc1ccc(OC(F)F)cc1. The third-order valence-corrected chi connectivity index (χ3v) is 3.52. The monoisotopic (exact) mass is 334 g/mol. The molecule has 128 valence electrons. The number of hydrogen-bond acceptors (Lipinski definition) is 3. The molecule has 0 saturated carbocycles. The lowest BCUT2D eigenvalue weighted by molar-refractivity contribution is -0.119. The Morgan fingerprint density at radius 1 is 1.04 bits per heavy atom. The molecule has 0 aliphatic rings. The zero-order valence-electron chi connectivity index (χ0n) is 13.7. The van der Waals surface area contributed by atoms with Crippen LogP contribution in [0.3, 0.4) is 0 Å². The van der Waals surface area contributed by atoms with Crippen LogP contribution in [-0.2, 0) is 11.3 Å². The topological polar surface area (TPSA) is 32.8 Å². The van der Waals surface area contributed by atoms with Crippen LogP contribution in [0.1, 0.15) is 5.56 Å². The van der Waals surface area contributed by atoms with Crippen LogP contribution in [0, 0.1) is 0 Å². The van der Waals surface area contributed by atoms with Crippen LogP contribution in [-0.4, -0.2) is 38.1 Å². The molecule has 0 heterocycles. The molecule has 2 aromatic rings. The summed E-state index contributed by atoms with van der Waals surface area (Å²) in [6, 6.07) is 15.8. The summed E-state index contributed by atoms with van der Waals surface area (Å²) >= 11 is 0. The number of benzene rings is 2. The van der Waals surface area contributed by atoms with Gasteiger partial charge in [-0.2, -0.15) is 8.78 Å². The van der Waals surface area contributed by atoms with Crippen molar-refractivity contribution in [1.82, 2.24) is 4.90 Å². The fourth-order valence-corrected chi connectivity index (χ4v) is 2.28. The maximum Gasteiger partial charge on any atom is 0.387 e. The molecule has 0 radical (unpaired) electrons.